The quantitative estimate of drug-likeness (QED) is 0.658. The predicted molar refractivity (Wildman–Crippen MR) is 86.9 cm³/mol. The van der Waals surface area contributed by atoms with E-state index in [9.17, 15) is 9.59 Å². The number of para-hydroxylation sites is 1. The average Bonchev–Trinajstić information content (AvgIpc) is 2.44. The molecule has 0 aromatic heterocycles. The summed E-state index contributed by atoms with van der Waals surface area (Å²) in [7, 11) is 0. The Bertz CT molecular complexity index is 654. The van der Waals surface area contributed by atoms with Crippen LogP contribution < -0.4 is 10.7 Å². The minimum atomic E-state index is -0.688. The number of nitrogens with one attached hydrogen (secondary N) is 2. The van der Waals surface area contributed by atoms with E-state index in [1.54, 1.807) is 52.0 Å². The summed E-state index contributed by atoms with van der Waals surface area (Å²) in [5.74, 6) is -0.333. The van der Waals surface area contributed by atoms with E-state index in [0.717, 1.165) is 0 Å². The van der Waals surface area contributed by atoms with E-state index in [1.165, 1.54) is 0 Å². The molecule has 1 aromatic rings. The molecule has 0 unspecified atom stereocenters. The van der Waals surface area contributed by atoms with Gasteiger partial charge in [-0.1, -0.05) is 12.1 Å². The van der Waals surface area contributed by atoms with Gasteiger partial charge in [0.05, 0.1) is 17.7 Å². The van der Waals surface area contributed by atoms with Crippen molar-refractivity contribution < 1.29 is 14.3 Å². The highest BCUT2D eigenvalue weighted by atomic mass is 16.6. The fourth-order valence-corrected chi connectivity index (χ4v) is 1.60. The van der Waals surface area contributed by atoms with Crippen LogP contribution in [0.15, 0.2) is 29.4 Å². The first-order valence-electron chi connectivity index (χ1n) is 7.02. The lowest BCUT2D eigenvalue weighted by molar-refractivity contribution is -0.115. The molecule has 0 atom stereocenters. The minimum absolute atomic E-state index is 0.0183. The van der Waals surface area contributed by atoms with E-state index in [-0.39, 0.29) is 12.3 Å². The third kappa shape index (κ3) is 7.09. The Morgan fingerprint density at radius 1 is 1.30 bits per heavy atom. The number of benzene rings is 1. The molecule has 1 aromatic carbocycles. The fourth-order valence-electron chi connectivity index (χ4n) is 1.60. The lowest BCUT2D eigenvalue weighted by atomic mass is 10.2. The van der Waals surface area contributed by atoms with E-state index in [4.69, 9.17) is 10.00 Å². The monoisotopic (exact) mass is 316 g/mol. The van der Waals surface area contributed by atoms with Crippen molar-refractivity contribution in [2.45, 2.75) is 39.7 Å². The van der Waals surface area contributed by atoms with Crippen molar-refractivity contribution in [3.05, 3.63) is 29.8 Å². The third-order valence-electron chi connectivity index (χ3n) is 2.47. The van der Waals surface area contributed by atoms with Gasteiger partial charge in [-0.05, 0) is 39.8 Å². The summed E-state index contributed by atoms with van der Waals surface area (Å²) in [4.78, 5) is 23.4. The Labute approximate surface area is 135 Å². The maximum Gasteiger partial charge on any atom is 0.428 e. The highest BCUT2D eigenvalue weighted by Gasteiger charge is 2.15. The first-order chi connectivity index (χ1) is 10.7. The highest BCUT2D eigenvalue weighted by molar-refractivity contribution is 6.06. The zero-order valence-electron chi connectivity index (χ0n) is 13.6. The molecule has 1 rings (SSSR count). The molecular weight excluding hydrogens is 296 g/mol. The summed E-state index contributed by atoms with van der Waals surface area (Å²) in [5.41, 5.74) is 2.83. The van der Waals surface area contributed by atoms with Gasteiger partial charge in [0.2, 0.25) is 5.91 Å². The Hall–Kier alpha value is -2.88. The highest BCUT2D eigenvalue weighted by Crippen LogP contribution is 2.13. The van der Waals surface area contributed by atoms with Gasteiger partial charge in [-0.2, -0.15) is 10.4 Å². The van der Waals surface area contributed by atoms with Gasteiger partial charge in [0.1, 0.15) is 11.7 Å². The number of carbonyl (C=O) groups excluding carboxylic acids is 2. The molecule has 0 heterocycles. The zero-order valence-corrected chi connectivity index (χ0v) is 13.6. The second-order valence-electron chi connectivity index (χ2n) is 5.84. The van der Waals surface area contributed by atoms with Crippen LogP contribution in [-0.4, -0.2) is 23.3 Å². The number of hydrogen-bond acceptors (Lipinski definition) is 5. The van der Waals surface area contributed by atoms with Gasteiger partial charge in [0, 0.05) is 5.71 Å². The number of amides is 2. The number of anilines is 1. The molecule has 0 spiro atoms. The number of hydrogen-bond donors (Lipinski definition) is 2. The smallest absolute Gasteiger partial charge is 0.428 e. The van der Waals surface area contributed by atoms with Crippen LogP contribution in [0, 0.1) is 11.3 Å². The van der Waals surface area contributed by atoms with Crippen LogP contribution in [0.2, 0.25) is 0 Å². The van der Waals surface area contributed by atoms with Gasteiger partial charge in [-0.3, -0.25) is 4.79 Å². The SMILES string of the molecule is CC(CC(=O)Nc1ccccc1C#N)=NNC(=O)OC(C)(C)C. The van der Waals surface area contributed by atoms with Crippen LogP contribution in [0.4, 0.5) is 10.5 Å². The van der Waals surface area contributed by atoms with Gasteiger partial charge < -0.3 is 10.1 Å². The Kier molecular flexibility index (Phi) is 6.27. The van der Waals surface area contributed by atoms with E-state index in [2.05, 4.69) is 15.8 Å². The Morgan fingerprint density at radius 3 is 2.57 bits per heavy atom. The van der Waals surface area contributed by atoms with Gasteiger partial charge in [0.25, 0.3) is 0 Å². The van der Waals surface area contributed by atoms with Crippen molar-refractivity contribution in [3.63, 3.8) is 0 Å². The second kappa shape index (κ2) is 7.94. The summed E-state index contributed by atoms with van der Waals surface area (Å²) in [5, 5.41) is 15.4. The second-order valence-corrected chi connectivity index (χ2v) is 5.84. The van der Waals surface area contributed by atoms with E-state index < -0.39 is 11.7 Å². The summed E-state index contributed by atoms with van der Waals surface area (Å²) in [6.07, 6.45) is -0.706. The first-order valence-corrected chi connectivity index (χ1v) is 7.02. The molecule has 0 aliphatic carbocycles. The number of nitrogens with zero attached hydrogens (tertiary/aromatic N) is 2. The van der Waals surface area contributed by atoms with Gasteiger partial charge in [-0.15, -0.1) is 0 Å². The fraction of sp³-hybridized carbons (Fsp3) is 0.375. The predicted octanol–water partition coefficient (Wildman–Crippen LogP) is 2.79. The lowest BCUT2D eigenvalue weighted by Gasteiger charge is -2.18. The summed E-state index contributed by atoms with van der Waals surface area (Å²) >= 11 is 0. The van der Waals surface area contributed by atoms with Crippen LogP contribution in [0.3, 0.4) is 0 Å². The van der Waals surface area contributed by atoms with Crippen molar-refractivity contribution >= 4 is 23.4 Å². The summed E-state index contributed by atoms with van der Waals surface area (Å²) in [6, 6.07) is 8.69. The molecule has 0 radical (unpaired) electrons. The normalized spacial score (nSPS) is 11.3. The van der Waals surface area contributed by atoms with Crippen LogP contribution in [0.5, 0.6) is 0 Å². The lowest BCUT2D eigenvalue weighted by Crippen LogP contribution is -2.30. The molecule has 2 amide bonds. The van der Waals surface area contributed by atoms with Crippen LogP contribution in [0.25, 0.3) is 0 Å². The number of ether oxygens (including phenoxy) is 1. The molecule has 7 heteroatoms. The minimum Gasteiger partial charge on any atom is -0.443 e. The number of hydrazone groups is 1. The van der Waals surface area contributed by atoms with Crippen molar-refractivity contribution in [3.8, 4) is 6.07 Å². The number of carbonyl (C=O) groups is 2. The number of rotatable bonds is 4. The summed E-state index contributed by atoms with van der Waals surface area (Å²) in [6.45, 7) is 6.82. The van der Waals surface area contributed by atoms with Gasteiger partial charge >= 0.3 is 6.09 Å². The molecule has 2 N–H and O–H groups in total. The molecular formula is C16H20N4O3. The molecule has 0 aliphatic heterocycles. The maximum absolute atomic E-state index is 11.9. The Balaban J connectivity index is 2.55. The molecule has 0 aliphatic rings. The molecule has 122 valence electrons. The molecule has 0 fully saturated rings. The maximum atomic E-state index is 11.9. The largest absolute Gasteiger partial charge is 0.443 e. The summed E-state index contributed by atoms with van der Waals surface area (Å²) < 4.78 is 5.03. The van der Waals surface area contributed by atoms with Crippen LogP contribution in [-0.2, 0) is 9.53 Å². The Morgan fingerprint density at radius 2 is 1.96 bits per heavy atom. The van der Waals surface area contributed by atoms with Gasteiger partial charge in [-0.25, -0.2) is 10.2 Å². The first kappa shape index (κ1) is 18.2. The van der Waals surface area contributed by atoms with E-state index >= 15 is 0 Å². The van der Waals surface area contributed by atoms with E-state index in [1.807, 2.05) is 6.07 Å². The average molecular weight is 316 g/mol. The van der Waals surface area contributed by atoms with Crippen LogP contribution in [0.1, 0.15) is 39.7 Å². The molecule has 7 nitrogen and oxygen atoms in total. The molecule has 0 bridgehead atoms. The van der Waals surface area contributed by atoms with Crippen molar-refractivity contribution in [2.75, 3.05) is 5.32 Å². The topological polar surface area (TPSA) is 104 Å². The molecule has 23 heavy (non-hydrogen) atoms. The molecule has 0 saturated carbocycles. The van der Waals surface area contributed by atoms with Gasteiger partial charge in [0.15, 0.2) is 0 Å². The third-order valence-corrected chi connectivity index (χ3v) is 2.47. The van der Waals surface area contributed by atoms with Crippen molar-refractivity contribution in [1.29, 1.82) is 5.26 Å². The zero-order chi connectivity index (χ0) is 17.5. The van der Waals surface area contributed by atoms with Crippen molar-refractivity contribution in [1.82, 2.24) is 5.43 Å². The molecule has 0 saturated heterocycles. The van der Waals surface area contributed by atoms with E-state index in [0.29, 0.717) is 17.0 Å². The number of nitriles is 1. The standard InChI is InChI=1S/C16H20N4O3/c1-11(19-20-15(22)23-16(2,3)4)9-14(21)18-13-8-6-5-7-12(13)10-17/h5-8H,9H2,1-4H3,(H,18,21)(H,20,22). The van der Waals surface area contributed by atoms with Crippen LogP contribution >= 0.6 is 0 Å². The van der Waals surface area contributed by atoms with Crippen molar-refractivity contribution in [2.24, 2.45) is 5.10 Å².